The molecule has 0 aromatic carbocycles. The molecule has 0 aliphatic rings. The molecule has 1 amide bonds. The lowest BCUT2D eigenvalue weighted by atomic mass is 10.1. The Labute approximate surface area is 140 Å². The van der Waals surface area contributed by atoms with E-state index >= 15 is 0 Å². The van der Waals surface area contributed by atoms with Crippen molar-refractivity contribution in [3.63, 3.8) is 0 Å². The number of nitrogens with one attached hydrogen (secondary N) is 1. The molecule has 2 aromatic rings. The summed E-state index contributed by atoms with van der Waals surface area (Å²) in [6.45, 7) is 8.72. The Kier molecular flexibility index (Phi) is 5.28. The van der Waals surface area contributed by atoms with Gasteiger partial charge in [0, 0.05) is 24.8 Å². The molecule has 0 saturated heterocycles. The summed E-state index contributed by atoms with van der Waals surface area (Å²) in [7, 11) is 0. The zero-order chi connectivity index (χ0) is 17.9. The monoisotopic (exact) mass is 331 g/mol. The molecule has 1 N–H and O–H groups in total. The number of rotatable bonds is 6. The van der Waals surface area contributed by atoms with Crippen LogP contribution in [0, 0.1) is 36.8 Å². The Morgan fingerprint density at radius 2 is 2.08 bits per heavy atom. The Morgan fingerprint density at radius 3 is 2.67 bits per heavy atom. The number of carbonyl (C=O) groups is 1. The zero-order valence-electron chi connectivity index (χ0n) is 14.2. The van der Waals surface area contributed by atoms with Crippen molar-refractivity contribution >= 4 is 11.6 Å². The number of aromatic nitrogens is 3. The van der Waals surface area contributed by atoms with Crippen molar-refractivity contribution in [2.75, 3.05) is 6.54 Å². The first-order valence-corrected chi connectivity index (χ1v) is 7.68. The van der Waals surface area contributed by atoms with E-state index in [1.165, 1.54) is 6.07 Å². The van der Waals surface area contributed by atoms with Gasteiger partial charge < -0.3 is 5.32 Å². The molecule has 0 bridgehead atoms. The number of carbonyl (C=O) groups excluding carboxylic acids is 1. The van der Waals surface area contributed by atoms with Crippen molar-refractivity contribution in [2.45, 2.75) is 34.2 Å². The average molecular weight is 331 g/mol. The van der Waals surface area contributed by atoms with Gasteiger partial charge in [0.25, 0.3) is 11.6 Å². The molecule has 0 spiro atoms. The molecule has 128 valence electrons. The highest BCUT2D eigenvalue weighted by Crippen LogP contribution is 2.14. The fraction of sp³-hybridized carbons (Fsp3) is 0.438. The molecule has 0 saturated carbocycles. The van der Waals surface area contributed by atoms with Gasteiger partial charge in [0.15, 0.2) is 0 Å². The topological polar surface area (TPSA) is 103 Å². The first kappa shape index (κ1) is 17.6. The highest BCUT2D eigenvalue weighted by Gasteiger charge is 2.16. The van der Waals surface area contributed by atoms with E-state index < -0.39 is 4.92 Å². The molecule has 2 aromatic heterocycles. The largest absolute Gasteiger partial charge is 0.352 e. The second-order valence-electron chi connectivity index (χ2n) is 6.01. The van der Waals surface area contributed by atoms with Gasteiger partial charge in [0.05, 0.1) is 21.9 Å². The minimum atomic E-state index is -0.561. The number of pyridine rings is 1. The Bertz CT molecular complexity index is 769. The van der Waals surface area contributed by atoms with E-state index in [-0.39, 0.29) is 23.1 Å². The molecule has 2 heterocycles. The fourth-order valence-electron chi connectivity index (χ4n) is 2.43. The van der Waals surface area contributed by atoms with Crippen molar-refractivity contribution in [1.82, 2.24) is 20.1 Å². The van der Waals surface area contributed by atoms with Gasteiger partial charge in [-0.25, -0.2) is 0 Å². The molecule has 0 radical (unpaired) electrons. The smallest absolute Gasteiger partial charge is 0.288 e. The number of hydrogen-bond donors (Lipinski definition) is 1. The summed E-state index contributed by atoms with van der Waals surface area (Å²) in [6.07, 6.45) is 1.15. The van der Waals surface area contributed by atoms with Gasteiger partial charge in [-0.2, -0.15) is 5.10 Å². The highest BCUT2D eigenvalue weighted by atomic mass is 16.6. The van der Waals surface area contributed by atoms with Crippen LogP contribution < -0.4 is 5.32 Å². The van der Waals surface area contributed by atoms with Crippen molar-refractivity contribution < 1.29 is 9.72 Å². The van der Waals surface area contributed by atoms with E-state index in [0.717, 1.165) is 17.6 Å². The summed E-state index contributed by atoms with van der Waals surface area (Å²) < 4.78 is 1.91. The number of hydrogen-bond acceptors (Lipinski definition) is 5. The van der Waals surface area contributed by atoms with E-state index in [1.807, 2.05) is 31.5 Å². The minimum absolute atomic E-state index is 0.166. The van der Waals surface area contributed by atoms with Gasteiger partial charge in [0.1, 0.15) is 6.20 Å². The number of aryl methyl sites for hydroxylation is 3. The van der Waals surface area contributed by atoms with E-state index in [4.69, 9.17) is 0 Å². The molecule has 24 heavy (non-hydrogen) atoms. The standard InChI is InChI=1S/C16H21N5O3/c1-10(9-20-12(3)5-11(2)19-20)7-18-16(22)15-6-14(21(23)24)8-17-13(15)4/h5-6,8,10H,7,9H2,1-4H3,(H,18,22)/t10-/m0/s1. The summed E-state index contributed by atoms with van der Waals surface area (Å²) in [6, 6.07) is 3.26. The van der Waals surface area contributed by atoms with Crippen LogP contribution in [0.3, 0.4) is 0 Å². The van der Waals surface area contributed by atoms with Gasteiger partial charge >= 0.3 is 0 Å². The molecule has 0 unspecified atom stereocenters. The number of nitro groups is 1. The lowest BCUT2D eigenvalue weighted by Gasteiger charge is -2.14. The third-order valence-electron chi connectivity index (χ3n) is 3.73. The summed E-state index contributed by atoms with van der Waals surface area (Å²) in [5.74, 6) is -0.192. The summed E-state index contributed by atoms with van der Waals surface area (Å²) in [5.41, 5.74) is 2.53. The lowest BCUT2D eigenvalue weighted by molar-refractivity contribution is -0.385. The van der Waals surface area contributed by atoms with Gasteiger partial charge in [-0.1, -0.05) is 6.92 Å². The van der Waals surface area contributed by atoms with Crippen LogP contribution in [0.15, 0.2) is 18.3 Å². The number of nitrogens with zero attached hydrogens (tertiary/aromatic N) is 4. The van der Waals surface area contributed by atoms with Crippen molar-refractivity contribution in [3.05, 3.63) is 51.1 Å². The maximum Gasteiger partial charge on any atom is 0.288 e. The molecule has 0 aliphatic heterocycles. The van der Waals surface area contributed by atoms with Crippen LogP contribution in [0.5, 0.6) is 0 Å². The normalized spacial score (nSPS) is 12.0. The van der Waals surface area contributed by atoms with Crippen molar-refractivity contribution in [1.29, 1.82) is 0 Å². The average Bonchev–Trinajstić information content (AvgIpc) is 2.82. The van der Waals surface area contributed by atoms with Gasteiger partial charge in [-0.15, -0.1) is 0 Å². The minimum Gasteiger partial charge on any atom is -0.352 e. The Hall–Kier alpha value is -2.77. The second-order valence-corrected chi connectivity index (χ2v) is 6.01. The molecular weight excluding hydrogens is 310 g/mol. The van der Waals surface area contributed by atoms with Crippen LogP contribution >= 0.6 is 0 Å². The fourth-order valence-corrected chi connectivity index (χ4v) is 2.43. The van der Waals surface area contributed by atoms with Crippen LogP contribution in [0.2, 0.25) is 0 Å². The van der Waals surface area contributed by atoms with Crippen LogP contribution in [-0.4, -0.2) is 32.1 Å². The maximum atomic E-state index is 12.3. The van der Waals surface area contributed by atoms with Gasteiger partial charge in [-0.3, -0.25) is 24.6 Å². The molecule has 2 rings (SSSR count). The molecule has 8 nitrogen and oxygen atoms in total. The van der Waals surface area contributed by atoms with Crippen molar-refractivity contribution in [3.8, 4) is 0 Å². The Balaban J connectivity index is 1.99. The maximum absolute atomic E-state index is 12.3. The molecule has 8 heteroatoms. The highest BCUT2D eigenvalue weighted by molar-refractivity contribution is 5.95. The van der Waals surface area contributed by atoms with Crippen LogP contribution in [-0.2, 0) is 6.54 Å². The third-order valence-corrected chi connectivity index (χ3v) is 3.73. The Morgan fingerprint density at radius 1 is 1.38 bits per heavy atom. The summed E-state index contributed by atoms with van der Waals surface area (Å²) in [5, 5.41) is 18.0. The molecule has 1 atom stereocenters. The van der Waals surface area contributed by atoms with E-state index in [0.29, 0.717) is 18.8 Å². The van der Waals surface area contributed by atoms with Crippen molar-refractivity contribution in [2.24, 2.45) is 5.92 Å². The first-order valence-electron chi connectivity index (χ1n) is 7.68. The zero-order valence-corrected chi connectivity index (χ0v) is 14.2. The van der Waals surface area contributed by atoms with E-state index in [9.17, 15) is 14.9 Å². The number of amides is 1. The van der Waals surface area contributed by atoms with E-state index in [2.05, 4.69) is 15.4 Å². The summed E-state index contributed by atoms with van der Waals surface area (Å²) >= 11 is 0. The van der Waals surface area contributed by atoms with Crippen LogP contribution in [0.1, 0.15) is 34.4 Å². The predicted molar refractivity (Wildman–Crippen MR) is 88.8 cm³/mol. The van der Waals surface area contributed by atoms with Crippen LogP contribution in [0.25, 0.3) is 0 Å². The SMILES string of the molecule is Cc1cc(C)n(C[C@@H](C)CNC(=O)c2cc([N+](=O)[O-])cnc2C)n1. The van der Waals surface area contributed by atoms with Gasteiger partial charge in [-0.05, 0) is 32.8 Å². The second kappa shape index (κ2) is 7.20. The quantitative estimate of drug-likeness (QED) is 0.645. The molecule has 0 fully saturated rings. The summed E-state index contributed by atoms with van der Waals surface area (Å²) in [4.78, 5) is 26.4. The third kappa shape index (κ3) is 4.15. The van der Waals surface area contributed by atoms with E-state index in [1.54, 1.807) is 6.92 Å². The molecule has 0 aliphatic carbocycles. The lowest BCUT2D eigenvalue weighted by Crippen LogP contribution is -2.31. The molecular formula is C16H21N5O3. The van der Waals surface area contributed by atoms with Gasteiger partial charge in [0.2, 0.25) is 0 Å². The predicted octanol–water partition coefficient (Wildman–Crippen LogP) is 2.18. The first-order chi connectivity index (χ1) is 11.3. The van der Waals surface area contributed by atoms with Crippen LogP contribution in [0.4, 0.5) is 5.69 Å².